The number of phenolic OH excluding ortho intramolecular Hbond substituents is 2. The van der Waals surface area contributed by atoms with Crippen LogP contribution in [0.3, 0.4) is 0 Å². The Bertz CT molecular complexity index is 1700. The summed E-state index contributed by atoms with van der Waals surface area (Å²) in [4.78, 5) is 24.0. The molecule has 0 radical (unpaired) electrons. The lowest BCUT2D eigenvalue weighted by Crippen LogP contribution is -2.36. The third-order valence-corrected chi connectivity index (χ3v) is 9.93. The molecule has 4 heterocycles. The van der Waals surface area contributed by atoms with E-state index in [9.17, 15) is 24.9 Å². The van der Waals surface area contributed by atoms with Crippen molar-refractivity contribution in [2.45, 2.75) is 69.3 Å². The fourth-order valence-corrected chi connectivity index (χ4v) is 7.67. The molecule has 6 rings (SSSR count). The first-order valence-electron chi connectivity index (χ1n) is 14.9. The molecule has 2 saturated heterocycles. The maximum absolute atomic E-state index is 12.5. The maximum Gasteiger partial charge on any atom is 0.319 e. The first kappa shape index (κ1) is 29.7. The van der Waals surface area contributed by atoms with Crippen LogP contribution in [-0.2, 0) is 11.3 Å². The number of aromatic hydroxyl groups is 3. The molecule has 3 atom stereocenters. The molecule has 0 saturated carbocycles. The van der Waals surface area contributed by atoms with Crippen LogP contribution in [0.2, 0.25) is 0 Å². The van der Waals surface area contributed by atoms with Gasteiger partial charge in [0.1, 0.15) is 11.5 Å². The van der Waals surface area contributed by atoms with Crippen molar-refractivity contribution in [2.75, 3.05) is 12.3 Å². The zero-order valence-corrected chi connectivity index (χ0v) is 25.5. The highest BCUT2D eigenvalue weighted by molar-refractivity contribution is 8.00. The second-order valence-electron chi connectivity index (χ2n) is 11.7. The number of fused-ring (bicyclic) bond motifs is 2. The van der Waals surface area contributed by atoms with E-state index in [-0.39, 0.29) is 53.3 Å². The Morgan fingerprint density at radius 2 is 1.93 bits per heavy atom. The number of carbonyl (C=O) groups is 2. The molecule has 2 fully saturated rings. The van der Waals surface area contributed by atoms with E-state index in [4.69, 9.17) is 0 Å². The summed E-state index contributed by atoms with van der Waals surface area (Å²) in [6, 6.07) is 10.6. The van der Waals surface area contributed by atoms with Crippen molar-refractivity contribution in [3.63, 3.8) is 0 Å². The van der Waals surface area contributed by atoms with Crippen molar-refractivity contribution >= 4 is 34.6 Å². The first-order chi connectivity index (χ1) is 21.2. The molecule has 3 amide bonds. The van der Waals surface area contributed by atoms with Crippen molar-refractivity contribution in [3.05, 3.63) is 48.2 Å². The van der Waals surface area contributed by atoms with Crippen LogP contribution < -0.4 is 16.0 Å². The van der Waals surface area contributed by atoms with Crippen LogP contribution in [0.15, 0.2) is 42.6 Å². The largest absolute Gasteiger partial charge is 0.508 e. The van der Waals surface area contributed by atoms with Gasteiger partial charge in [-0.3, -0.25) is 4.79 Å². The third-order valence-electron chi connectivity index (χ3n) is 8.42. The summed E-state index contributed by atoms with van der Waals surface area (Å²) in [6.45, 7) is 4.97. The van der Waals surface area contributed by atoms with Crippen LogP contribution in [0.5, 0.6) is 17.5 Å². The van der Waals surface area contributed by atoms with E-state index in [0.717, 1.165) is 35.9 Å². The van der Waals surface area contributed by atoms with E-state index >= 15 is 0 Å². The molecule has 2 aliphatic heterocycles. The van der Waals surface area contributed by atoms with E-state index in [2.05, 4.69) is 30.7 Å². The summed E-state index contributed by atoms with van der Waals surface area (Å²) < 4.78 is 3.52. The van der Waals surface area contributed by atoms with Crippen molar-refractivity contribution < 1.29 is 24.9 Å². The number of unbranched alkanes of at least 4 members (excludes halogenated alkanes) is 1. The highest BCUT2D eigenvalue weighted by Gasteiger charge is 2.42. The monoisotopic (exact) mass is 619 g/mol. The van der Waals surface area contributed by atoms with Gasteiger partial charge in [-0.15, -0.1) is 5.10 Å². The van der Waals surface area contributed by atoms with Crippen LogP contribution in [-0.4, -0.2) is 76.2 Å². The fraction of sp³-hybridized carbons (Fsp3) is 0.419. The van der Waals surface area contributed by atoms with Crippen molar-refractivity contribution in [1.29, 1.82) is 0 Å². The SMILES string of the molecule is CC(C)c1cc(-c2nnc(O)n2-c2ccc3c(ccn3CCNC(=O)CCCC[C@@H]3SCC4NC(=O)NC43)c2)c(O)cc1O. The summed E-state index contributed by atoms with van der Waals surface area (Å²) >= 11 is 1.89. The molecule has 0 bridgehead atoms. The molecule has 232 valence electrons. The Morgan fingerprint density at radius 1 is 1.09 bits per heavy atom. The molecule has 0 aliphatic carbocycles. The number of nitrogens with zero attached hydrogens (tertiary/aromatic N) is 4. The van der Waals surface area contributed by atoms with Crippen LogP contribution in [0.4, 0.5) is 4.79 Å². The van der Waals surface area contributed by atoms with Gasteiger partial charge in [0.2, 0.25) is 5.91 Å². The number of amides is 3. The van der Waals surface area contributed by atoms with Gasteiger partial charge < -0.3 is 35.8 Å². The molecule has 2 unspecified atom stereocenters. The third kappa shape index (κ3) is 5.88. The molecule has 12 nitrogen and oxygen atoms in total. The lowest BCUT2D eigenvalue weighted by molar-refractivity contribution is -0.121. The Kier molecular flexibility index (Phi) is 8.30. The molecule has 2 aromatic carbocycles. The number of nitrogens with one attached hydrogen (secondary N) is 3. The summed E-state index contributed by atoms with van der Waals surface area (Å²) in [7, 11) is 0. The summed E-state index contributed by atoms with van der Waals surface area (Å²) in [5.41, 5.74) is 2.56. The van der Waals surface area contributed by atoms with Crippen LogP contribution >= 0.6 is 11.8 Å². The Labute approximate surface area is 258 Å². The summed E-state index contributed by atoms with van der Waals surface area (Å²) in [6.07, 6.45) is 5.18. The minimum absolute atomic E-state index is 0.00506. The lowest BCUT2D eigenvalue weighted by atomic mass is 9.98. The van der Waals surface area contributed by atoms with Crippen LogP contribution in [0.1, 0.15) is 51.0 Å². The average molecular weight is 620 g/mol. The summed E-state index contributed by atoms with van der Waals surface area (Å²) in [5, 5.41) is 49.7. The van der Waals surface area contributed by atoms with Gasteiger partial charge in [-0.1, -0.05) is 25.4 Å². The minimum Gasteiger partial charge on any atom is -0.508 e. The number of phenols is 2. The molecule has 2 aromatic heterocycles. The van der Waals surface area contributed by atoms with E-state index < -0.39 is 0 Å². The van der Waals surface area contributed by atoms with Crippen LogP contribution in [0, 0.1) is 0 Å². The Balaban J connectivity index is 1.05. The lowest BCUT2D eigenvalue weighted by Gasteiger charge is -2.16. The van der Waals surface area contributed by atoms with Gasteiger partial charge >= 0.3 is 12.0 Å². The van der Waals surface area contributed by atoms with Gasteiger partial charge in [0, 0.05) is 53.7 Å². The maximum atomic E-state index is 12.5. The van der Waals surface area contributed by atoms with E-state index in [0.29, 0.717) is 41.6 Å². The quantitative estimate of drug-likeness (QED) is 0.108. The van der Waals surface area contributed by atoms with E-state index in [1.807, 2.05) is 56.1 Å². The van der Waals surface area contributed by atoms with Gasteiger partial charge in [0.15, 0.2) is 5.82 Å². The second-order valence-corrected chi connectivity index (χ2v) is 13.0. The molecular formula is C31H37N7O5S. The average Bonchev–Trinajstić information content (AvgIpc) is 3.75. The smallest absolute Gasteiger partial charge is 0.319 e. The topological polar surface area (TPSA) is 167 Å². The highest BCUT2D eigenvalue weighted by Crippen LogP contribution is 2.39. The number of benzene rings is 2. The first-order valence-corrected chi connectivity index (χ1v) is 16.0. The van der Waals surface area contributed by atoms with Crippen molar-refractivity contribution in [1.82, 2.24) is 35.3 Å². The number of hydrogen-bond donors (Lipinski definition) is 6. The molecule has 4 aromatic rings. The van der Waals surface area contributed by atoms with E-state index in [1.165, 1.54) is 10.6 Å². The number of hydrogen-bond acceptors (Lipinski definition) is 8. The van der Waals surface area contributed by atoms with Gasteiger partial charge in [-0.2, -0.15) is 11.8 Å². The Morgan fingerprint density at radius 3 is 2.75 bits per heavy atom. The molecule has 44 heavy (non-hydrogen) atoms. The molecule has 13 heteroatoms. The predicted octanol–water partition coefficient (Wildman–Crippen LogP) is 3.97. The predicted molar refractivity (Wildman–Crippen MR) is 168 cm³/mol. The Hall–Kier alpha value is -4.39. The zero-order chi connectivity index (χ0) is 31.0. The molecule has 0 spiro atoms. The molecule has 6 N–H and O–H groups in total. The van der Waals surface area contributed by atoms with Gasteiger partial charge in [0.25, 0.3) is 0 Å². The van der Waals surface area contributed by atoms with Gasteiger partial charge in [-0.25, -0.2) is 9.36 Å². The van der Waals surface area contributed by atoms with Crippen LogP contribution in [0.25, 0.3) is 28.0 Å². The number of urea groups is 1. The normalized spacial score (nSPS) is 19.3. The van der Waals surface area contributed by atoms with Gasteiger partial charge in [-0.05, 0) is 54.7 Å². The zero-order valence-electron chi connectivity index (χ0n) is 24.7. The standard InChI is InChI=1S/C31H37N7O5S/c1-17(2)20-14-21(25(40)15-24(20)39)29-35-36-31(43)38(29)19-7-8-23-18(13-19)9-11-37(23)12-10-32-27(41)6-4-3-5-26-28-22(16-44-26)33-30(42)34-28/h7-9,11,13-15,17,22,26,28,39-40H,3-6,10,12,16H2,1-2H3,(H,32,41)(H,36,43)(H2,33,34,42)/t22?,26-,28?/m0/s1. The van der Waals surface area contributed by atoms with E-state index in [1.54, 1.807) is 6.07 Å². The number of carbonyl (C=O) groups excluding carboxylic acids is 2. The van der Waals surface area contributed by atoms with Crippen molar-refractivity contribution in [3.8, 4) is 34.6 Å². The van der Waals surface area contributed by atoms with Gasteiger partial charge in [0.05, 0.1) is 23.3 Å². The second kappa shape index (κ2) is 12.3. The fourth-order valence-electron chi connectivity index (χ4n) is 6.12. The van der Waals surface area contributed by atoms with Crippen molar-refractivity contribution in [2.24, 2.45) is 0 Å². The summed E-state index contributed by atoms with van der Waals surface area (Å²) in [5.74, 6) is 1.05. The number of aromatic nitrogens is 4. The molecular weight excluding hydrogens is 582 g/mol. The highest BCUT2D eigenvalue weighted by atomic mass is 32.2. The number of thioether (sulfide) groups is 1. The minimum atomic E-state index is -0.325. The number of rotatable bonds is 11. The molecule has 2 aliphatic rings.